The Kier molecular flexibility index (Phi) is 2.54. The molecule has 0 amide bonds. The molecule has 0 radical (unpaired) electrons. The Bertz CT molecular complexity index is 260. The first-order valence-corrected chi connectivity index (χ1v) is 4.91. The van der Waals surface area contributed by atoms with Gasteiger partial charge in [0.2, 0.25) is 0 Å². The third kappa shape index (κ3) is 2.05. The first-order valence-electron chi connectivity index (χ1n) is 4.09. The van der Waals surface area contributed by atoms with Crippen LogP contribution >= 0.6 is 11.3 Å². The van der Waals surface area contributed by atoms with Crippen LogP contribution in [0.1, 0.15) is 36.7 Å². The molecule has 2 N–H and O–H groups in total. The predicted molar refractivity (Wildman–Crippen MR) is 53.2 cm³/mol. The van der Waals surface area contributed by atoms with Crippen LogP contribution in [-0.2, 0) is 0 Å². The first kappa shape index (κ1) is 9.68. The molecule has 0 saturated heterocycles. The van der Waals surface area contributed by atoms with Crippen molar-refractivity contribution in [2.75, 3.05) is 0 Å². The lowest BCUT2D eigenvalue weighted by Gasteiger charge is -2.24. The van der Waals surface area contributed by atoms with Crippen molar-refractivity contribution in [3.05, 3.63) is 16.1 Å². The zero-order valence-corrected chi connectivity index (χ0v) is 8.90. The molecule has 1 heterocycles. The van der Waals surface area contributed by atoms with Crippen LogP contribution in [0.5, 0.6) is 0 Å². The van der Waals surface area contributed by atoms with Gasteiger partial charge in [-0.1, -0.05) is 20.8 Å². The monoisotopic (exact) mass is 184 g/mol. The van der Waals surface area contributed by atoms with Crippen molar-refractivity contribution in [3.63, 3.8) is 0 Å². The van der Waals surface area contributed by atoms with Crippen LogP contribution in [0.15, 0.2) is 6.20 Å². The molecule has 1 aromatic rings. The van der Waals surface area contributed by atoms with E-state index in [1.807, 2.05) is 6.20 Å². The van der Waals surface area contributed by atoms with Gasteiger partial charge in [-0.05, 0) is 12.3 Å². The van der Waals surface area contributed by atoms with Crippen molar-refractivity contribution in [2.24, 2.45) is 11.1 Å². The highest BCUT2D eigenvalue weighted by molar-refractivity contribution is 7.11. The summed E-state index contributed by atoms with van der Waals surface area (Å²) in [6, 6.07) is 0.0520. The smallest absolute Gasteiger partial charge is 0.110 e. The quantitative estimate of drug-likeness (QED) is 0.728. The normalized spacial score (nSPS) is 14.8. The molecule has 0 aliphatic carbocycles. The highest BCUT2D eigenvalue weighted by atomic mass is 32.1. The summed E-state index contributed by atoms with van der Waals surface area (Å²) in [6.45, 7) is 8.45. The molecule has 0 aromatic carbocycles. The van der Waals surface area contributed by atoms with E-state index in [-0.39, 0.29) is 11.5 Å². The second-order valence-electron chi connectivity index (χ2n) is 4.15. The summed E-state index contributed by atoms with van der Waals surface area (Å²) < 4.78 is 0. The van der Waals surface area contributed by atoms with Crippen molar-refractivity contribution in [1.82, 2.24) is 4.98 Å². The van der Waals surface area contributed by atoms with E-state index < -0.39 is 0 Å². The molecular formula is C9H16N2S. The van der Waals surface area contributed by atoms with E-state index in [4.69, 9.17) is 5.73 Å². The second-order valence-corrected chi connectivity index (χ2v) is 5.42. The van der Waals surface area contributed by atoms with E-state index in [1.54, 1.807) is 11.3 Å². The van der Waals surface area contributed by atoms with Gasteiger partial charge in [0.1, 0.15) is 5.01 Å². The highest BCUT2D eigenvalue weighted by Gasteiger charge is 2.24. The number of nitrogens with two attached hydrogens (primary N) is 1. The first-order chi connectivity index (χ1) is 5.41. The number of hydrogen-bond acceptors (Lipinski definition) is 3. The molecule has 0 aliphatic rings. The summed E-state index contributed by atoms with van der Waals surface area (Å²) in [5.74, 6) is 0. The topological polar surface area (TPSA) is 38.9 Å². The van der Waals surface area contributed by atoms with Crippen molar-refractivity contribution in [2.45, 2.75) is 33.7 Å². The lowest BCUT2D eigenvalue weighted by Crippen LogP contribution is -2.25. The van der Waals surface area contributed by atoms with Gasteiger partial charge in [-0.15, -0.1) is 11.3 Å². The van der Waals surface area contributed by atoms with Crippen LogP contribution in [0.2, 0.25) is 0 Å². The van der Waals surface area contributed by atoms with E-state index in [2.05, 4.69) is 32.7 Å². The molecule has 1 rings (SSSR count). The van der Waals surface area contributed by atoms with Gasteiger partial charge in [-0.3, -0.25) is 0 Å². The van der Waals surface area contributed by atoms with Crippen molar-refractivity contribution in [3.8, 4) is 0 Å². The van der Waals surface area contributed by atoms with Crippen LogP contribution in [0, 0.1) is 12.3 Å². The maximum absolute atomic E-state index is 6.03. The number of thiazole rings is 1. The summed E-state index contributed by atoms with van der Waals surface area (Å²) >= 11 is 1.69. The Hall–Kier alpha value is -0.410. The zero-order chi connectivity index (χ0) is 9.35. The molecule has 1 aromatic heterocycles. The molecule has 1 atom stereocenters. The number of hydrogen-bond donors (Lipinski definition) is 1. The minimum absolute atomic E-state index is 0.0520. The lowest BCUT2D eigenvalue weighted by molar-refractivity contribution is 0.326. The molecule has 0 bridgehead atoms. The largest absolute Gasteiger partial charge is 0.322 e. The Morgan fingerprint density at radius 2 is 2.08 bits per heavy atom. The maximum atomic E-state index is 6.03. The summed E-state index contributed by atoms with van der Waals surface area (Å²) in [6.07, 6.45) is 1.88. The van der Waals surface area contributed by atoms with Gasteiger partial charge in [0.15, 0.2) is 0 Å². The Labute approximate surface area is 77.8 Å². The van der Waals surface area contributed by atoms with Crippen molar-refractivity contribution >= 4 is 11.3 Å². The molecule has 68 valence electrons. The van der Waals surface area contributed by atoms with Crippen molar-refractivity contribution < 1.29 is 0 Å². The van der Waals surface area contributed by atoms with Crippen molar-refractivity contribution in [1.29, 1.82) is 0 Å². The maximum Gasteiger partial charge on any atom is 0.110 e. The predicted octanol–water partition coefficient (Wildman–Crippen LogP) is 2.50. The summed E-state index contributed by atoms with van der Waals surface area (Å²) in [5.41, 5.74) is 6.13. The van der Waals surface area contributed by atoms with Gasteiger partial charge >= 0.3 is 0 Å². The molecular weight excluding hydrogens is 168 g/mol. The molecule has 12 heavy (non-hydrogen) atoms. The number of aromatic nitrogens is 1. The van der Waals surface area contributed by atoms with Gasteiger partial charge in [-0.2, -0.15) is 0 Å². The van der Waals surface area contributed by atoms with E-state index in [9.17, 15) is 0 Å². The molecule has 0 aliphatic heterocycles. The lowest BCUT2D eigenvalue weighted by atomic mass is 9.88. The molecule has 0 fully saturated rings. The fraction of sp³-hybridized carbons (Fsp3) is 0.667. The Balaban J connectivity index is 2.85. The Morgan fingerprint density at radius 1 is 1.50 bits per heavy atom. The third-order valence-electron chi connectivity index (χ3n) is 1.84. The van der Waals surface area contributed by atoms with Crippen LogP contribution in [0.3, 0.4) is 0 Å². The third-order valence-corrected chi connectivity index (χ3v) is 2.83. The average Bonchev–Trinajstić information content (AvgIpc) is 2.32. The van der Waals surface area contributed by atoms with Crippen LogP contribution in [0.4, 0.5) is 0 Å². The van der Waals surface area contributed by atoms with Gasteiger partial charge < -0.3 is 5.73 Å². The fourth-order valence-corrected chi connectivity index (χ4v) is 1.91. The fourth-order valence-electron chi connectivity index (χ4n) is 0.886. The van der Waals surface area contributed by atoms with E-state index in [0.717, 1.165) is 5.01 Å². The van der Waals surface area contributed by atoms with Gasteiger partial charge in [-0.25, -0.2) is 4.98 Å². The number of aryl methyl sites for hydroxylation is 1. The summed E-state index contributed by atoms with van der Waals surface area (Å²) in [4.78, 5) is 5.50. The van der Waals surface area contributed by atoms with Crippen LogP contribution < -0.4 is 5.73 Å². The average molecular weight is 184 g/mol. The summed E-state index contributed by atoms with van der Waals surface area (Å²) in [5, 5.41) is 1.04. The number of nitrogens with zero attached hydrogens (tertiary/aromatic N) is 1. The number of rotatable bonds is 1. The molecule has 0 spiro atoms. The molecule has 1 unspecified atom stereocenters. The SMILES string of the molecule is Cc1cnc(C(N)C(C)(C)C)s1. The summed E-state index contributed by atoms with van der Waals surface area (Å²) in [7, 11) is 0. The van der Waals surface area contributed by atoms with E-state index in [0.29, 0.717) is 0 Å². The Morgan fingerprint density at radius 3 is 2.42 bits per heavy atom. The zero-order valence-electron chi connectivity index (χ0n) is 8.09. The van der Waals surface area contributed by atoms with E-state index >= 15 is 0 Å². The van der Waals surface area contributed by atoms with Crippen LogP contribution in [-0.4, -0.2) is 4.98 Å². The van der Waals surface area contributed by atoms with Gasteiger partial charge in [0, 0.05) is 11.1 Å². The minimum atomic E-state index is 0.0520. The standard InChI is InChI=1S/C9H16N2S/c1-6-5-11-8(12-6)7(10)9(2,3)4/h5,7H,10H2,1-4H3. The van der Waals surface area contributed by atoms with Gasteiger partial charge in [0.05, 0.1) is 6.04 Å². The van der Waals surface area contributed by atoms with Crippen LogP contribution in [0.25, 0.3) is 0 Å². The van der Waals surface area contributed by atoms with E-state index in [1.165, 1.54) is 4.88 Å². The minimum Gasteiger partial charge on any atom is -0.322 e. The van der Waals surface area contributed by atoms with Gasteiger partial charge in [0.25, 0.3) is 0 Å². The molecule has 2 nitrogen and oxygen atoms in total. The molecule has 3 heteroatoms. The second kappa shape index (κ2) is 3.15. The highest BCUT2D eigenvalue weighted by Crippen LogP contribution is 2.32. The molecule has 0 saturated carbocycles.